The number of para-hydroxylation sites is 1. The van der Waals surface area contributed by atoms with Crippen LogP contribution in [0, 0.1) is 5.82 Å². The third kappa shape index (κ3) is 3.07. The van der Waals surface area contributed by atoms with Gasteiger partial charge in [0.1, 0.15) is 11.6 Å². The maximum Gasteiger partial charge on any atom is 0.418 e. The van der Waals surface area contributed by atoms with E-state index in [1.807, 2.05) is 0 Å². The van der Waals surface area contributed by atoms with Crippen LogP contribution in [0.2, 0.25) is 0 Å². The van der Waals surface area contributed by atoms with Gasteiger partial charge in [-0.25, -0.2) is 4.39 Å². The number of pyridine rings is 1. The molecular weight excluding hydrogens is 370 g/mol. The van der Waals surface area contributed by atoms with Crippen LogP contribution in [0.1, 0.15) is 5.56 Å². The molecule has 4 aromatic rings. The normalized spacial score (nSPS) is 11.7. The Hall–Kier alpha value is -3.41. The first kappa shape index (κ1) is 18.0. The Kier molecular flexibility index (Phi) is 4.26. The van der Waals surface area contributed by atoms with Gasteiger partial charge >= 0.3 is 6.18 Å². The summed E-state index contributed by atoms with van der Waals surface area (Å²) in [6.07, 6.45) is -3.34. The zero-order chi connectivity index (χ0) is 19.9. The van der Waals surface area contributed by atoms with Crippen LogP contribution in [0.15, 0.2) is 72.9 Å². The van der Waals surface area contributed by atoms with Gasteiger partial charge in [0.25, 0.3) is 0 Å². The van der Waals surface area contributed by atoms with Crippen molar-refractivity contribution in [3.63, 3.8) is 0 Å². The first-order valence-electron chi connectivity index (χ1n) is 8.39. The van der Waals surface area contributed by atoms with Crippen LogP contribution in [-0.4, -0.2) is 10.1 Å². The first-order chi connectivity index (χ1) is 13.4. The number of aromatic hydroxyl groups is 1. The van der Waals surface area contributed by atoms with Crippen molar-refractivity contribution in [2.75, 3.05) is 0 Å². The number of nitrogens with zero attached hydrogens (tertiary/aromatic N) is 1. The number of alkyl halides is 3. The summed E-state index contributed by atoms with van der Waals surface area (Å²) < 4.78 is 54.9. The van der Waals surface area contributed by atoms with Crippen molar-refractivity contribution in [3.8, 4) is 28.0 Å². The lowest BCUT2D eigenvalue weighted by molar-refractivity contribution is -0.136. The lowest BCUT2D eigenvalue weighted by atomic mass is 9.91. The lowest BCUT2D eigenvalue weighted by Gasteiger charge is -2.17. The fraction of sp³-hybridized carbons (Fsp3) is 0.0455. The number of phenolic OH excluding ortho intramolecular Hbond substituents is 1. The minimum Gasteiger partial charge on any atom is -0.508 e. The predicted octanol–water partition coefficient (Wildman–Crippen LogP) is 6.43. The second-order valence-electron chi connectivity index (χ2n) is 6.28. The van der Waals surface area contributed by atoms with Crippen molar-refractivity contribution >= 4 is 10.9 Å². The molecule has 0 amide bonds. The summed E-state index contributed by atoms with van der Waals surface area (Å²) in [5.41, 5.74) is 0.296. The maximum atomic E-state index is 14.5. The Balaban J connectivity index is 2.14. The summed E-state index contributed by atoms with van der Waals surface area (Å²) in [7, 11) is 0. The van der Waals surface area contributed by atoms with Gasteiger partial charge < -0.3 is 5.11 Å². The number of halogens is 4. The Morgan fingerprint density at radius 1 is 0.821 bits per heavy atom. The summed E-state index contributed by atoms with van der Waals surface area (Å²) in [6, 6.07) is 15.9. The standard InChI is InChI=1S/C22H13F4NO/c23-19-10-2-1-7-15(19)17-12-27-21-16(8-4-9-18(21)22(24,25)26)20(17)13-5-3-6-14(28)11-13/h1-12,28H. The maximum absolute atomic E-state index is 14.5. The quantitative estimate of drug-likeness (QED) is 0.405. The molecule has 0 aliphatic heterocycles. The highest BCUT2D eigenvalue weighted by Crippen LogP contribution is 2.42. The van der Waals surface area contributed by atoms with Gasteiger partial charge in [0.15, 0.2) is 0 Å². The van der Waals surface area contributed by atoms with E-state index in [0.717, 1.165) is 6.07 Å². The Morgan fingerprint density at radius 2 is 1.57 bits per heavy atom. The summed E-state index contributed by atoms with van der Waals surface area (Å²) in [5.74, 6) is -0.564. The average Bonchev–Trinajstić information content (AvgIpc) is 2.66. The van der Waals surface area contributed by atoms with Crippen LogP contribution < -0.4 is 0 Å². The Labute approximate surface area is 157 Å². The fourth-order valence-corrected chi connectivity index (χ4v) is 3.31. The highest BCUT2D eigenvalue weighted by molar-refractivity contribution is 6.03. The van der Waals surface area contributed by atoms with Crippen LogP contribution in [0.3, 0.4) is 0 Å². The molecule has 6 heteroatoms. The molecule has 3 aromatic carbocycles. The van der Waals surface area contributed by atoms with Crippen molar-refractivity contribution < 1.29 is 22.7 Å². The van der Waals surface area contributed by atoms with Gasteiger partial charge in [-0.05, 0) is 29.8 Å². The van der Waals surface area contributed by atoms with E-state index in [9.17, 15) is 22.7 Å². The van der Waals surface area contributed by atoms with Crippen LogP contribution in [0.25, 0.3) is 33.2 Å². The highest BCUT2D eigenvalue weighted by Gasteiger charge is 2.33. The molecule has 1 heterocycles. The molecule has 0 fully saturated rings. The van der Waals surface area contributed by atoms with Gasteiger partial charge in [-0.1, -0.05) is 42.5 Å². The third-order valence-electron chi connectivity index (χ3n) is 4.50. The van der Waals surface area contributed by atoms with Gasteiger partial charge in [-0.15, -0.1) is 0 Å². The minimum atomic E-state index is -4.58. The van der Waals surface area contributed by atoms with E-state index in [1.165, 1.54) is 48.7 Å². The minimum absolute atomic E-state index is 0.0473. The molecule has 28 heavy (non-hydrogen) atoms. The molecule has 0 atom stereocenters. The first-order valence-corrected chi connectivity index (χ1v) is 8.39. The molecule has 0 saturated heterocycles. The van der Waals surface area contributed by atoms with Gasteiger partial charge in [-0.2, -0.15) is 13.2 Å². The summed E-state index contributed by atoms with van der Waals surface area (Å²) >= 11 is 0. The molecular formula is C22H13F4NO. The zero-order valence-electron chi connectivity index (χ0n) is 14.3. The van der Waals surface area contributed by atoms with E-state index in [0.29, 0.717) is 16.7 Å². The fourth-order valence-electron chi connectivity index (χ4n) is 3.31. The highest BCUT2D eigenvalue weighted by atomic mass is 19.4. The molecule has 0 saturated carbocycles. The van der Waals surface area contributed by atoms with Crippen molar-refractivity contribution in [1.82, 2.24) is 4.98 Å². The number of hydrogen-bond acceptors (Lipinski definition) is 2. The van der Waals surface area contributed by atoms with Crippen LogP contribution in [0.5, 0.6) is 5.75 Å². The molecule has 1 N–H and O–H groups in total. The monoisotopic (exact) mass is 383 g/mol. The average molecular weight is 383 g/mol. The Morgan fingerprint density at radius 3 is 2.29 bits per heavy atom. The summed E-state index contributed by atoms with van der Waals surface area (Å²) in [6.45, 7) is 0. The van der Waals surface area contributed by atoms with Gasteiger partial charge in [0, 0.05) is 28.3 Å². The molecule has 0 bridgehead atoms. The third-order valence-corrected chi connectivity index (χ3v) is 4.50. The molecule has 2 nitrogen and oxygen atoms in total. The lowest BCUT2D eigenvalue weighted by Crippen LogP contribution is -2.07. The number of benzene rings is 3. The van der Waals surface area contributed by atoms with Crippen LogP contribution in [0.4, 0.5) is 17.6 Å². The van der Waals surface area contributed by atoms with E-state index in [2.05, 4.69) is 4.98 Å². The number of aromatic nitrogens is 1. The predicted molar refractivity (Wildman–Crippen MR) is 99.2 cm³/mol. The van der Waals surface area contributed by atoms with Gasteiger partial charge in [0.2, 0.25) is 0 Å². The zero-order valence-corrected chi connectivity index (χ0v) is 14.3. The van der Waals surface area contributed by atoms with Crippen LogP contribution in [-0.2, 0) is 6.18 Å². The van der Waals surface area contributed by atoms with E-state index < -0.39 is 17.6 Å². The van der Waals surface area contributed by atoms with E-state index in [1.54, 1.807) is 18.2 Å². The van der Waals surface area contributed by atoms with Crippen molar-refractivity contribution in [2.24, 2.45) is 0 Å². The second kappa shape index (κ2) is 6.64. The molecule has 4 rings (SSSR count). The van der Waals surface area contributed by atoms with Crippen molar-refractivity contribution in [2.45, 2.75) is 6.18 Å². The summed E-state index contributed by atoms with van der Waals surface area (Å²) in [4.78, 5) is 4.02. The van der Waals surface area contributed by atoms with Crippen molar-refractivity contribution in [1.29, 1.82) is 0 Å². The second-order valence-corrected chi connectivity index (χ2v) is 6.28. The molecule has 0 spiro atoms. The smallest absolute Gasteiger partial charge is 0.418 e. The molecule has 0 radical (unpaired) electrons. The Bertz CT molecular complexity index is 1180. The van der Waals surface area contributed by atoms with Gasteiger partial charge in [0.05, 0.1) is 11.1 Å². The largest absolute Gasteiger partial charge is 0.508 e. The number of phenols is 1. The summed E-state index contributed by atoms with van der Waals surface area (Å²) in [5, 5.41) is 10.1. The SMILES string of the molecule is Oc1cccc(-c2c(-c3ccccc3F)cnc3c(C(F)(F)F)cccc23)c1. The molecule has 0 aliphatic rings. The molecule has 0 unspecified atom stereocenters. The van der Waals surface area contributed by atoms with Crippen LogP contribution >= 0.6 is 0 Å². The number of rotatable bonds is 2. The van der Waals surface area contributed by atoms with Gasteiger partial charge in [-0.3, -0.25) is 4.98 Å². The molecule has 1 aromatic heterocycles. The molecule has 0 aliphatic carbocycles. The number of fused-ring (bicyclic) bond motifs is 1. The van der Waals surface area contributed by atoms with Crippen molar-refractivity contribution in [3.05, 3.63) is 84.3 Å². The van der Waals surface area contributed by atoms with E-state index in [4.69, 9.17) is 0 Å². The van der Waals surface area contributed by atoms with E-state index in [-0.39, 0.29) is 22.2 Å². The topological polar surface area (TPSA) is 33.1 Å². The number of hydrogen-bond donors (Lipinski definition) is 1. The molecule has 140 valence electrons. The van der Waals surface area contributed by atoms with E-state index >= 15 is 0 Å².